The van der Waals surface area contributed by atoms with Gasteiger partial charge in [0.15, 0.2) is 11.6 Å². The van der Waals surface area contributed by atoms with Crippen molar-refractivity contribution in [2.45, 2.75) is 71.1 Å². The van der Waals surface area contributed by atoms with Crippen molar-refractivity contribution in [1.82, 2.24) is 20.6 Å². The Kier molecular flexibility index (Phi) is 6.30. The minimum Gasteiger partial charge on any atom is -0.496 e. The van der Waals surface area contributed by atoms with Gasteiger partial charge in [0.25, 0.3) is 0 Å². The molecule has 0 aromatic carbocycles. The van der Waals surface area contributed by atoms with Gasteiger partial charge in [0, 0.05) is 23.8 Å². The zero-order valence-electron chi connectivity index (χ0n) is 16.8. The number of hydrogen-bond donors (Lipinski definition) is 1. The lowest BCUT2D eigenvalue weighted by molar-refractivity contribution is -0.124. The van der Waals surface area contributed by atoms with Crippen LogP contribution in [-0.2, 0) is 16.0 Å². The smallest absolute Gasteiger partial charge is 0.174 e. The Balaban J connectivity index is 1.32. The summed E-state index contributed by atoms with van der Waals surface area (Å²) in [7, 11) is 0. The Morgan fingerprint density at radius 3 is 2.69 bits per heavy atom. The van der Waals surface area contributed by atoms with Crippen molar-refractivity contribution >= 4 is 29.0 Å². The first kappa shape index (κ1) is 20.9. The van der Waals surface area contributed by atoms with Crippen LogP contribution in [0.4, 0.5) is 0 Å². The molecule has 0 saturated heterocycles. The molecular weight excluding hydrogens is 411 g/mol. The van der Waals surface area contributed by atoms with Crippen molar-refractivity contribution in [2.75, 3.05) is 6.61 Å². The van der Waals surface area contributed by atoms with E-state index in [1.54, 1.807) is 0 Å². The molecule has 0 aliphatic heterocycles. The van der Waals surface area contributed by atoms with Crippen LogP contribution in [-0.4, -0.2) is 33.0 Å². The molecule has 8 heteroatoms. The molecular formula is C21H28Cl2N4O2. The zero-order valence-corrected chi connectivity index (χ0v) is 18.4. The van der Waals surface area contributed by atoms with Crippen LogP contribution in [0.15, 0.2) is 21.4 Å². The maximum absolute atomic E-state index is 13.3. The third-order valence-electron chi connectivity index (χ3n) is 6.91. The number of nitrogens with zero attached hydrogens (tertiary/aromatic N) is 3. The molecule has 1 aromatic rings. The zero-order chi connectivity index (χ0) is 20.4. The van der Waals surface area contributed by atoms with E-state index >= 15 is 0 Å². The lowest BCUT2D eigenvalue weighted by Gasteiger charge is -2.29. The number of hydrogen-bond acceptors (Lipinski definition) is 5. The van der Waals surface area contributed by atoms with Crippen molar-refractivity contribution in [3.8, 4) is 0 Å². The van der Waals surface area contributed by atoms with E-state index in [4.69, 9.17) is 27.9 Å². The number of carbonyl (C=O) groups is 1. The van der Waals surface area contributed by atoms with Gasteiger partial charge in [-0.15, -0.1) is 10.2 Å². The summed E-state index contributed by atoms with van der Waals surface area (Å²) in [5.41, 5.74) is 0.455. The average Bonchev–Trinajstić information content (AvgIpc) is 3.45. The number of unbranched alkanes of at least 4 members (excludes halogenated alkanes) is 2. The number of ether oxygens (including phenoxy) is 1. The van der Waals surface area contributed by atoms with Gasteiger partial charge in [-0.3, -0.25) is 4.79 Å². The Hall–Kier alpha value is -1.40. The molecule has 0 spiro atoms. The van der Waals surface area contributed by atoms with E-state index in [2.05, 4.69) is 27.5 Å². The maximum Gasteiger partial charge on any atom is 0.174 e. The van der Waals surface area contributed by atoms with Gasteiger partial charge in [0.1, 0.15) is 5.76 Å². The minimum absolute atomic E-state index is 0.135. The number of aromatic nitrogens is 4. The van der Waals surface area contributed by atoms with Crippen LogP contribution in [0, 0.1) is 17.3 Å². The van der Waals surface area contributed by atoms with E-state index < -0.39 is 0 Å². The molecule has 0 radical (unpaired) electrons. The molecule has 3 aliphatic carbocycles. The highest BCUT2D eigenvalue weighted by Gasteiger charge is 2.53. The van der Waals surface area contributed by atoms with E-state index in [0.29, 0.717) is 29.0 Å². The summed E-state index contributed by atoms with van der Waals surface area (Å²) in [4.78, 5) is 13.3. The Bertz CT molecular complexity index is 815. The number of Topliss-reactive ketones (excluding diaryl/α,β-unsaturated/α-hetero) is 1. The second-order valence-corrected chi connectivity index (χ2v) is 9.54. The fraction of sp³-hybridized carbons (Fsp3) is 0.714. The third kappa shape index (κ3) is 4.11. The second kappa shape index (κ2) is 8.76. The summed E-state index contributed by atoms with van der Waals surface area (Å²) in [6, 6.07) is 0. The molecule has 1 heterocycles. The molecule has 3 aliphatic rings. The number of aromatic amines is 1. The fourth-order valence-corrected chi connectivity index (χ4v) is 5.87. The first-order chi connectivity index (χ1) is 14.0. The molecule has 0 bridgehead atoms. The summed E-state index contributed by atoms with van der Waals surface area (Å²) < 4.78 is 6.01. The second-order valence-electron chi connectivity index (χ2n) is 8.79. The van der Waals surface area contributed by atoms with Gasteiger partial charge in [0.05, 0.1) is 16.7 Å². The number of aryl methyl sites for hydroxylation is 1. The molecule has 2 atom stereocenters. The Morgan fingerprint density at radius 1 is 1.17 bits per heavy atom. The molecule has 158 valence electrons. The number of allylic oxidation sites excluding steroid dienone is 4. The number of fused-ring (bicyclic) bond motifs is 1. The van der Waals surface area contributed by atoms with Crippen LogP contribution in [0.2, 0.25) is 0 Å². The van der Waals surface area contributed by atoms with Gasteiger partial charge in [-0.1, -0.05) is 48.2 Å². The van der Waals surface area contributed by atoms with Crippen LogP contribution in [0.3, 0.4) is 0 Å². The minimum atomic E-state index is -0.293. The Labute approximate surface area is 181 Å². The average molecular weight is 439 g/mol. The molecule has 2 saturated carbocycles. The fourth-order valence-electron chi connectivity index (χ4n) is 5.29. The van der Waals surface area contributed by atoms with Crippen molar-refractivity contribution in [3.05, 3.63) is 27.2 Å². The van der Waals surface area contributed by atoms with E-state index in [1.807, 2.05) is 0 Å². The van der Waals surface area contributed by atoms with Gasteiger partial charge in [-0.05, 0) is 50.4 Å². The molecule has 0 amide bonds. The summed E-state index contributed by atoms with van der Waals surface area (Å²) >= 11 is 13.1. The molecule has 2 fully saturated rings. The van der Waals surface area contributed by atoms with Crippen LogP contribution in [0.25, 0.3) is 0 Å². The van der Waals surface area contributed by atoms with E-state index in [9.17, 15) is 4.79 Å². The predicted molar refractivity (Wildman–Crippen MR) is 111 cm³/mol. The largest absolute Gasteiger partial charge is 0.496 e. The molecule has 1 N–H and O–H groups in total. The molecule has 2 unspecified atom stereocenters. The first-order valence-electron chi connectivity index (χ1n) is 10.7. The SMILES string of the molecule is CC1(C2CCCC2)CC2CC(OCCCCCc3nn[nH]n3)=C(Cl)C(Cl)=C2C1=O. The topological polar surface area (TPSA) is 80.8 Å². The standard InChI is InChI=1S/C21H28Cl2N4O2/c1-21(14-7-4-5-8-14)12-13-11-15(18(22)19(23)17(13)20(21)28)29-10-6-2-3-9-16-24-26-27-25-16/h13-14H,2-12H2,1H3,(H,24,25,26,27). The van der Waals surface area contributed by atoms with Gasteiger partial charge in [0.2, 0.25) is 0 Å². The normalized spacial score (nSPS) is 27.8. The summed E-state index contributed by atoms with van der Waals surface area (Å²) in [5, 5.41) is 14.8. The molecule has 29 heavy (non-hydrogen) atoms. The van der Waals surface area contributed by atoms with Crippen molar-refractivity contribution in [1.29, 1.82) is 0 Å². The van der Waals surface area contributed by atoms with Crippen molar-refractivity contribution < 1.29 is 9.53 Å². The van der Waals surface area contributed by atoms with Crippen LogP contribution >= 0.6 is 23.2 Å². The number of ketones is 1. The quantitative estimate of drug-likeness (QED) is 0.573. The van der Waals surface area contributed by atoms with Crippen LogP contribution in [0.1, 0.15) is 70.5 Å². The highest BCUT2D eigenvalue weighted by atomic mass is 35.5. The number of H-pyrrole nitrogens is 1. The van der Waals surface area contributed by atoms with Crippen LogP contribution < -0.4 is 0 Å². The summed E-state index contributed by atoms with van der Waals surface area (Å²) in [6.45, 7) is 2.73. The van der Waals surface area contributed by atoms with Crippen molar-refractivity contribution in [3.63, 3.8) is 0 Å². The number of rotatable bonds is 8. The van der Waals surface area contributed by atoms with Crippen molar-refractivity contribution in [2.24, 2.45) is 17.3 Å². The Morgan fingerprint density at radius 2 is 1.97 bits per heavy atom. The third-order valence-corrected chi connectivity index (χ3v) is 7.80. The number of carbonyl (C=O) groups excluding carboxylic acids is 1. The maximum atomic E-state index is 13.3. The van der Waals surface area contributed by atoms with E-state index in [0.717, 1.165) is 62.1 Å². The molecule has 4 rings (SSSR count). The summed E-state index contributed by atoms with van der Waals surface area (Å²) in [5.74, 6) is 2.31. The summed E-state index contributed by atoms with van der Waals surface area (Å²) in [6.07, 6.45) is 10.0. The van der Waals surface area contributed by atoms with Gasteiger partial charge < -0.3 is 4.74 Å². The predicted octanol–water partition coefficient (Wildman–Crippen LogP) is 5.06. The number of halogens is 2. The first-order valence-corrected chi connectivity index (χ1v) is 11.4. The van der Waals surface area contributed by atoms with Gasteiger partial charge >= 0.3 is 0 Å². The molecule has 6 nitrogen and oxygen atoms in total. The monoisotopic (exact) mass is 438 g/mol. The highest BCUT2D eigenvalue weighted by Crippen LogP contribution is 2.56. The number of nitrogens with one attached hydrogen (secondary N) is 1. The van der Waals surface area contributed by atoms with Gasteiger partial charge in [-0.2, -0.15) is 5.21 Å². The van der Waals surface area contributed by atoms with Gasteiger partial charge in [-0.25, -0.2) is 0 Å². The van der Waals surface area contributed by atoms with E-state index in [-0.39, 0.29) is 17.1 Å². The highest BCUT2D eigenvalue weighted by molar-refractivity contribution is 6.45. The number of tetrazole rings is 1. The lowest BCUT2D eigenvalue weighted by Crippen LogP contribution is -2.30. The van der Waals surface area contributed by atoms with E-state index in [1.165, 1.54) is 12.8 Å². The van der Waals surface area contributed by atoms with Crippen LogP contribution in [0.5, 0.6) is 0 Å². The lowest BCUT2D eigenvalue weighted by atomic mass is 9.73. The molecule has 1 aromatic heterocycles.